The van der Waals surface area contributed by atoms with Crippen LogP contribution in [0, 0.1) is 12.8 Å². The van der Waals surface area contributed by atoms with Crippen LogP contribution in [-0.2, 0) is 6.54 Å². The van der Waals surface area contributed by atoms with Gasteiger partial charge in [-0.3, -0.25) is 4.79 Å². The van der Waals surface area contributed by atoms with Crippen LogP contribution < -0.4 is 5.56 Å². The summed E-state index contributed by atoms with van der Waals surface area (Å²) in [4.78, 5) is 11.6. The Labute approximate surface area is 86.7 Å². The van der Waals surface area contributed by atoms with E-state index in [0.717, 1.165) is 12.1 Å². The van der Waals surface area contributed by atoms with Gasteiger partial charge in [-0.1, -0.05) is 13.8 Å². The Morgan fingerprint density at radius 3 is 2.69 bits per heavy atom. The van der Waals surface area contributed by atoms with Gasteiger partial charge >= 0.3 is 0 Å². The molecule has 0 aliphatic heterocycles. The first-order valence-electron chi connectivity index (χ1n) is 4.37. The number of hydrogen-bond acceptors (Lipinski definition) is 1. The molecule has 0 fully saturated rings. The molecule has 0 unspecified atom stereocenters. The van der Waals surface area contributed by atoms with Gasteiger partial charge in [-0.05, 0) is 40.4 Å². The second-order valence-corrected chi connectivity index (χ2v) is 4.57. The lowest BCUT2D eigenvalue weighted by Crippen LogP contribution is -2.22. The highest BCUT2D eigenvalue weighted by Crippen LogP contribution is 2.07. The molecule has 0 atom stereocenters. The van der Waals surface area contributed by atoms with E-state index in [4.69, 9.17) is 0 Å². The van der Waals surface area contributed by atoms with Crippen molar-refractivity contribution in [3.8, 4) is 0 Å². The standard InChI is InChI=1S/C10H14BrNO/c1-7(2)5-12-6-8(3)4-9(11)10(12)13/h4,6-7H,5H2,1-3H3. The third kappa shape index (κ3) is 2.69. The maximum atomic E-state index is 11.6. The van der Waals surface area contributed by atoms with Crippen molar-refractivity contribution in [2.45, 2.75) is 27.3 Å². The molecule has 0 amide bonds. The lowest BCUT2D eigenvalue weighted by molar-refractivity contribution is 0.509. The zero-order chi connectivity index (χ0) is 10.0. The molecule has 0 spiro atoms. The van der Waals surface area contributed by atoms with Crippen LogP contribution in [-0.4, -0.2) is 4.57 Å². The highest BCUT2D eigenvalue weighted by atomic mass is 79.9. The molecule has 0 bridgehead atoms. The second-order valence-electron chi connectivity index (χ2n) is 3.72. The Balaban J connectivity index is 3.13. The zero-order valence-electron chi connectivity index (χ0n) is 8.17. The van der Waals surface area contributed by atoms with E-state index in [1.54, 1.807) is 4.57 Å². The molecule has 13 heavy (non-hydrogen) atoms. The van der Waals surface area contributed by atoms with E-state index in [2.05, 4.69) is 29.8 Å². The molecular weight excluding hydrogens is 230 g/mol. The Morgan fingerprint density at radius 2 is 2.15 bits per heavy atom. The summed E-state index contributed by atoms with van der Waals surface area (Å²) < 4.78 is 2.40. The summed E-state index contributed by atoms with van der Waals surface area (Å²) in [5, 5.41) is 0. The molecule has 0 aromatic carbocycles. The van der Waals surface area contributed by atoms with Crippen LogP contribution in [0.25, 0.3) is 0 Å². The van der Waals surface area contributed by atoms with Crippen LogP contribution in [0.15, 0.2) is 21.5 Å². The molecule has 0 N–H and O–H groups in total. The fourth-order valence-electron chi connectivity index (χ4n) is 1.27. The van der Waals surface area contributed by atoms with Crippen molar-refractivity contribution in [3.63, 3.8) is 0 Å². The van der Waals surface area contributed by atoms with Crippen molar-refractivity contribution in [2.75, 3.05) is 0 Å². The van der Waals surface area contributed by atoms with Gasteiger partial charge in [-0.15, -0.1) is 0 Å². The van der Waals surface area contributed by atoms with Crippen LogP contribution in [0.5, 0.6) is 0 Å². The lowest BCUT2D eigenvalue weighted by atomic mass is 10.2. The third-order valence-corrected chi connectivity index (χ3v) is 2.31. The number of nitrogens with zero attached hydrogens (tertiary/aromatic N) is 1. The van der Waals surface area contributed by atoms with Gasteiger partial charge in [-0.2, -0.15) is 0 Å². The third-order valence-electron chi connectivity index (χ3n) is 1.74. The maximum absolute atomic E-state index is 11.6. The van der Waals surface area contributed by atoms with Crippen LogP contribution in [0.3, 0.4) is 0 Å². The van der Waals surface area contributed by atoms with Gasteiger partial charge in [0.05, 0.1) is 4.47 Å². The number of halogens is 1. The maximum Gasteiger partial charge on any atom is 0.264 e. The smallest absolute Gasteiger partial charge is 0.264 e. The molecule has 1 aromatic heterocycles. The largest absolute Gasteiger partial charge is 0.314 e. The Morgan fingerprint density at radius 1 is 1.54 bits per heavy atom. The summed E-state index contributed by atoms with van der Waals surface area (Å²) in [5.41, 5.74) is 1.16. The number of pyridine rings is 1. The van der Waals surface area contributed by atoms with Gasteiger partial charge in [0, 0.05) is 12.7 Å². The van der Waals surface area contributed by atoms with Gasteiger partial charge in [0.15, 0.2) is 0 Å². The van der Waals surface area contributed by atoms with Crippen molar-refractivity contribution in [1.29, 1.82) is 0 Å². The second kappa shape index (κ2) is 4.09. The van der Waals surface area contributed by atoms with Crippen LogP contribution in [0.1, 0.15) is 19.4 Å². The minimum Gasteiger partial charge on any atom is -0.314 e. The summed E-state index contributed by atoms with van der Waals surface area (Å²) in [7, 11) is 0. The number of hydrogen-bond donors (Lipinski definition) is 0. The fraction of sp³-hybridized carbons (Fsp3) is 0.500. The summed E-state index contributed by atoms with van der Waals surface area (Å²) >= 11 is 3.25. The fourth-order valence-corrected chi connectivity index (χ4v) is 1.86. The van der Waals surface area contributed by atoms with Crippen LogP contribution in [0.2, 0.25) is 0 Å². The highest BCUT2D eigenvalue weighted by molar-refractivity contribution is 9.10. The van der Waals surface area contributed by atoms with E-state index in [-0.39, 0.29) is 5.56 Å². The molecule has 72 valence electrons. The first-order chi connectivity index (χ1) is 6.00. The van der Waals surface area contributed by atoms with Gasteiger partial charge in [0.2, 0.25) is 0 Å². The SMILES string of the molecule is Cc1cc(Br)c(=O)n(CC(C)C)c1. The molecule has 0 aliphatic carbocycles. The van der Waals surface area contributed by atoms with Crippen molar-refractivity contribution in [1.82, 2.24) is 4.57 Å². The van der Waals surface area contributed by atoms with Crippen molar-refractivity contribution < 1.29 is 0 Å². The summed E-state index contributed by atoms with van der Waals surface area (Å²) in [6.07, 6.45) is 1.90. The molecule has 2 nitrogen and oxygen atoms in total. The van der Waals surface area contributed by atoms with E-state index in [1.165, 1.54) is 0 Å². The minimum absolute atomic E-state index is 0.0549. The Kier molecular flexibility index (Phi) is 3.31. The van der Waals surface area contributed by atoms with Crippen molar-refractivity contribution >= 4 is 15.9 Å². The van der Waals surface area contributed by atoms with Gasteiger partial charge < -0.3 is 4.57 Å². The number of rotatable bonds is 2. The van der Waals surface area contributed by atoms with Crippen LogP contribution >= 0.6 is 15.9 Å². The zero-order valence-corrected chi connectivity index (χ0v) is 9.76. The average Bonchev–Trinajstić information content (AvgIpc) is 1.98. The molecule has 1 heterocycles. The van der Waals surface area contributed by atoms with E-state index in [0.29, 0.717) is 10.4 Å². The van der Waals surface area contributed by atoms with Crippen LogP contribution in [0.4, 0.5) is 0 Å². The normalized spacial score (nSPS) is 10.8. The predicted molar refractivity (Wildman–Crippen MR) is 58.0 cm³/mol. The van der Waals surface area contributed by atoms with E-state index in [9.17, 15) is 4.79 Å². The monoisotopic (exact) mass is 243 g/mol. The lowest BCUT2D eigenvalue weighted by Gasteiger charge is -2.09. The van der Waals surface area contributed by atoms with E-state index < -0.39 is 0 Å². The molecular formula is C10H14BrNO. The summed E-state index contributed by atoms with van der Waals surface area (Å²) in [6, 6.07) is 1.85. The van der Waals surface area contributed by atoms with E-state index >= 15 is 0 Å². The van der Waals surface area contributed by atoms with Gasteiger partial charge in [0.1, 0.15) is 0 Å². The highest BCUT2D eigenvalue weighted by Gasteiger charge is 2.03. The minimum atomic E-state index is 0.0549. The molecule has 0 radical (unpaired) electrons. The Hall–Kier alpha value is -0.570. The average molecular weight is 244 g/mol. The Bertz CT molecular complexity index is 354. The molecule has 0 saturated carbocycles. The predicted octanol–water partition coefficient (Wildman–Crippen LogP) is 2.58. The summed E-state index contributed by atoms with van der Waals surface area (Å²) in [5.74, 6) is 0.492. The topological polar surface area (TPSA) is 22.0 Å². The first-order valence-corrected chi connectivity index (χ1v) is 5.16. The van der Waals surface area contributed by atoms with E-state index in [1.807, 2.05) is 19.2 Å². The quantitative estimate of drug-likeness (QED) is 0.783. The van der Waals surface area contributed by atoms with Crippen molar-refractivity contribution in [2.24, 2.45) is 5.92 Å². The molecule has 1 rings (SSSR count). The number of aryl methyl sites for hydroxylation is 1. The molecule has 0 saturated heterocycles. The van der Waals surface area contributed by atoms with Crippen molar-refractivity contribution in [3.05, 3.63) is 32.7 Å². The first kappa shape index (κ1) is 10.5. The van der Waals surface area contributed by atoms with Gasteiger partial charge in [-0.25, -0.2) is 0 Å². The summed E-state index contributed by atoms with van der Waals surface area (Å²) in [6.45, 7) is 6.96. The molecule has 0 aliphatic rings. The van der Waals surface area contributed by atoms with Gasteiger partial charge in [0.25, 0.3) is 5.56 Å². The number of aromatic nitrogens is 1. The molecule has 1 aromatic rings. The molecule has 3 heteroatoms.